The fourth-order valence-electron chi connectivity index (χ4n) is 1.20. The molecule has 5 nitrogen and oxygen atoms in total. The lowest BCUT2D eigenvalue weighted by molar-refractivity contribution is -0.117. The smallest absolute Gasteiger partial charge is 0.253 e. The molecule has 0 radical (unpaired) electrons. The normalized spacial score (nSPS) is 12.3. The van der Waals surface area contributed by atoms with Crippen LogP contribution in [0.15, 0.2) is 17.1 Å². The van der Waals surface area contributed by atoms with Gasteiger partial charge in [-0.05, 0) is 19.9 Å². The molecule has 0 bridgehead atoms. The van der Waals surface area contributed by atoms with Crippen molar-refractivity contribution in [3.05, 3.63) is 28.2 Å². The summed E-state index contributed by atoms with van der Waals surface area (Å²) in [5, 5.41) is 2.63. The van der Waals surface area contributed by atoms with Crippen molar-refractivity contribution < 1.29 is 4.79 Å². The van der Waals surface area contributed by atoms with Gasteiger partial charge < -0.3 is 15.6 Å². The van der Waals surface area contributed by atoms with Gasteiger partial charge in [0.2, 0.25) is 5.91 Å². The number of rotatable bonds is 2. The quantitative estimate of drug-likeness (QED) is 0.718. The molecule has 1 aromatic heterocycles. The monoisotopic (exact) mass is 209 g/mol. The molecule has 15 heavy (non-hydrogen) atoms. The number of carbonyl (C=O) groups excluding carboxylic acids is 1. The summed E-state index contributed by atoms with van der Waals surface area (Å²) in [7, 11) is 1.64. The van der Waals surface area contributed by atoms with Crippen molar-refractivity contribution in [2.24, 2.45) is 12.8 Å². The van der Waals surface area contributed by atoms with Crippen molar-refractivity contribution in [1.82, 2.24) is 4.57 Å². The van der Waals surface area contributed by atoms with Crippen molar-refractivity contribution in [3.63, 3.8) is 0 Å². The van der Waals surface area contributed by atoms with Crippen LogP contribution in [0.3, 0.4) is 0 Å². The lowest BCUT2D eigenvalue weighted by atomic mass is 10.2. The molecule has 0 saturated heterocycles. The van der Waals surface area contributed by atoms with Crippen LogP contribution in [0.2, 0.25) is 0 Å². The molecule has 82 valence electrons. The van der Waals surface area contributed by atoms with Crippen LogP contribution in [0.25, 0.3) is 0 Å². The zero-order valence-corrected chi connectivity index (χ0v) is 9.07. The van der Waals surface area contributed by atoms with E-state index in [0.717, 1.165) is 0 Å². The number of nitrogens with one attached hydrogen (secondary N) is 1. The Morgan fingerprint density at radius 1 is 1.60 bits per heavy atom. The molecule has 0 unspecified atom stereocenters. The molecule has 3 N–H and O–H groups in total. The molecule has 1 heterocycles. The van der Waals surface area contributed by atoms with Gasteiger partial charge in [-0.25, -0.2) is 0 Å². The Morgan fingerprint density at radius 3 is 2.67 bits per heavy atom. The van der Waals surface area contributed by atoms with Crippen molar-refractivity contribution in [3.8, 4) is 0 Å². The SMILES string of the molecule is Cc1cc(NC(=O)[C@@H](C)N)cn(C)c1=O. The molecule has 0 saturated carbocycles. The Morgan fingerprint density at radius 2 is 2.20 bits per heavy atom. The van der Waals surface area contributed by atoms with Gasteiger partial charge in [0.1, 0.15) is 0 Å². The number of hydrogen-bond donors (Lipinski definition) is 2. The molecule has 1 aromatic rings. The number of carbonyl (C=O) groups is 1. The lowest BCUT2D eigenvalue weighted by Gasteiger charge is -2.09. The largest absolute Gasteiger partial charge is 0.323 e. The summed E-state index contributed by atoms with van der Waals surface area (Å²) in [6, 6.07) is 1.06. The molecule has 0 aliphatic heterocycles. The molecule has 1 rings (SSSR count). The Labute approximate surface area is 87.9 Å². The summed E-state index contributed by atoms with van der Waals surface area (Å²) in [5.74, 6) is -0.270. The highest BCUT2D eigenvalue weighted by atomic mass is 16.2. The van der Waals surface area contributed by atoms with Crippen molar-refractivity contribution in [1.29, 1.82) is 0 Å². The zero-order valence-electron chi connectivity index (χ0n) is 9.07. The molecular weight excluding hydrogens is 194 g/mol. The standard InChI is InChI=1S/C10H15N3O2/c1-6-4-8(5-13(3)10(6)15)12-9(14)7(2)11/h4-5,7H,11H2,1-3H3,(H,12,14)/t7-/m1/s1. The third kappa shape index (κ3) is 2.66. The Hall–Kier alpha value is -1.62. The second kappa shape index (κ2) is 4.27. The van der Waals surface area contributed by atoms with Crippen molar-refractivity contribution in [2.45, 2.75) is 19.9 Å². The zero-order chi connectivity index (χ0) is 11.6. The summed E-state index contributed by atoms with van der Waals surface area (Å²) in [6.45, 7) is 3.30. The molecule has 5 heteroatoms. The van der Waals surface area contributed by atoms with Crippen LogP contribution in [0.5, 0.6) is 0 Å². The van der Waals surface area contributed by atoms with Crippen LogP contribution in [0.4, 0.5) is 5.69 Å². The van der Waals surface area contributed by atoms with Crippen LogP contribution in [0, 0.1) is 6.92 Å². The maximum atomic E-state index is 11.4. The molecule has 0 aliphatic rings. The van der Waals surface area contributed by atoms with Crippen LogP contribution in [0.1, 0.15) is 12.5 Å². The minimum atomic E-state index is -0.567. The maximum Gasteiger partial charge on any atom is 0.253 e. The molecule has 0 spiro atoms. The molecule has 1 amide bonds. The van der Waals surface area contributed by atoms with Crippen LogP contribution in [-0.4, -0.2) is 16.5 Å². The number of anilines is 1. The van der Waals surface area contributed by atoms with Crippen LogP contribution in [-0.2, 0) is 11.8 Å². The number of aromatic nitrogens is 1. The summed E-state index contributed by atoms with van der Waals surface area (Å²) >= 11 is 0. The van der Waals surface area contributed by atoms with Gasteiger partial charge in [0.05, 0.1) is 11.7 Å². The van der Waals surface area contributed by atoms with E-state index >= 15 is 0 Å². The average molecular weight is 209 g/mol. The summed E-state index contributed by atoms with van der Waals surface area (Å²) < 4.78 is 1.42. The first-order chi connectivity index (χ1) is 6.91. The number of aryl methyl sites for hydroxylation is 2. The minimum Gasteiger partial charge on any atom is -0.323 e. The fraction of sp³-hybridized carbons (Fsp3) is 0.400. The van der Waals surface area contributed by atoms with Crippen molar-refractivity contribution in [2.75, 3.05) is 5.32 Å². The van der Waals surface area contributed by atoms with Crippen LogP contribution >= 0.6 is 0 Å². The highest BCUT2D eigenvalue weighted by molar-refractivity contribution is 5.94. The van der Waals surface area contributed by atoms with E-state index in [-0.39, 0.29) is 11.5 Å². The van der Waals surface area contributed by atoms with Gasteiger partial charge in [0.15, 0.2) is 0 Å². The van der Waals surface area contributed by atoms with Gasteiger partial charge in [0.25, 0.3) is 5.56 Å². The number of pyridine rings is 1. The average Bonchev–Trinajstić information content (AvgIpc) is 2.13. The highest BCUT2D eigenvalue weighted by Gasteiger charge is 2.08. The molecule has 0 aromatic carbocycles. The number of nitrogens with two attached hydrogens (primary N) is 1. The third-order valence-corrected chi connectivity index (χ3v) is 2.04. The first kappa shape index (κ1) is 11.5. The first-order valence-corrected chi connectivity index (χ1v) is 4.65. The van der Waals surface area contributed by atoms with Crippen molar-refractivity contribution >= 4 is 11.6 Å². The minimum absolute atomic E-state index is 0.0752. The Bertz CT molecular complexity index is 409. The fourth-order valence-corrected chi connectivity index (χ4v) is 1.20. The second-order valence-corrected chi connectivity index (χ2v) is 3.61. The van der Waals surface area contributed by atoms with E-state index in [1.54, 1.807) is 33.2 Å². The lowest BCUT2D eigenvalue weighted by Crippen LogP contribution is -2.33. The predicted octanol–water partition coefficient (Wildman–Crippen LogP) is -0.0206. The van der Waals surface area contributed by atoms with Gasteiger partial charge in [-0.2, -0.15) is 0 Å². The maximum absolute atomic E-state index is 11.4. The summed E-state index contributed by atoms with van der Waals surface area (Å²) in [5.41, 5.74) is 6.50. The van der Waals surface area contributed by atoms with Gasteiger partial charge in [-0.3, -0.25) is 9.59 Å². The first-order valence-electron chi connectivity index (χ1n) is 4.65. The number of nitrogens with zero attached hydrogens (tertiary/aromatic N) is 1. The van der Waals surface area contributed by atoms with E-state index in [0.29, 0.717) is 11.3 Å². The Balaban J connectivity index is 2.98. The molecule has 0 fully saturated rings. The van der Waals surface area contributed by atoms with Gasteiger partial charge in [-0.15, -0.1) is 0 Å². The summed E-state index contributed by atoms with van der Waals surface area (Å²) in [4.78, 5) is 22.7. The predicted molar refractivity (Wildman–Crippen MR) is 58.7 cm³/mol. The van der Waals surface area contributed by atoms with Crippen LogP contribution < -0.4 is 16.6 Å². The number of amides is 1. The highest BCUT2D eigenvalue weighted by Crippen LogP contribution is 2.05. The number of hydrogen-bond acceptors (Lipinski definition) is 3. The van der Waals surface area contributed by atoms with Gasteiger partial charge >= 0.3 is 0 Å². The van der Waals surface area contributed by atoms with E-state index in [1.807, 2.05) is 0 Å². The van der Waals surface area contributed by atoms with E-state index in [1.165, 1.54) is 4.57 Å². The van der Waals surface area contributed by atoms with Gasteiger partial charge in [-0.1, -0.05) is 0 Å². The van der Waals surface area contributed by atoms with E-state index in [4.69, 9.17) is 5.73 Å². The molecule has 0 aliphatic carbocycles. The second-order valence-electron chi connectivity index (χ2n) is 3.61. The van der Waals surface area contributed by atoms with E-state index < -0.39 is 6.04 Å². The topological polar surface area (TPSA) is 77.1 Å². The van der Waals surface area contributed by atoms with Gasteiger partial charge in [0, 0.05) is 18.8 Å². The molecular formula is C10H15N3O2. The molecule has 1 atom stereocenters. The van der Waals surface area contributed by atoms with E-state index in [2.05, 4.69) is 5.32 Å². The van der Waals surface area contributed by atoms with E-state index in [9.17, 15) is 9.59 Å². The third-order valence-electron chi connectivity index (χ3n) is 2.04. The Kier molecular flexibility index (Phi) is 3.26. The summed E-state index contributed by atoms with van der Waals surface area (Å²) in [6.07, 6.45) is 1.57.